The van der Waals surface area contributed by atoms with Gasteiger partial charge in [0.25, 0.3) is 5.91 Å². The fraction of sp³-hybridized carbons (Fsp3) is 0.300. The predicted molar refractivity (Wildman–Crippen MR) is 62.7 cm³/mol. The Morgan fingerprint density at radius 2 is 2.13 bits per heavy atom. The van der Waals surface area contributed by atoms with E-state index >= 15 is 0 Å². The number of carbonyl (C=O) groups is 1. The third kappa shape index (κ3) is 4.01. The summed E-state index contributed by atoms with van der Waals surface area (Å²) in [6.07, 6.45) is 2.85. The maximum atomic E-state index is 11.5. The van der Waals surface area contributed by atoms with Crippen LogP contribution in [0, 0.1) is 0 Å². The number of halogens is 1. The average molecular weight is 246 g/mol. The third-order valence-corrected chi connectivity index (χ3v) is 2.55. The second kappa shape index (κ2) is 4.77. The molecule has 0 aromatic heterocycles. The second-order valence-corrected chi connectivity index (χ2v) is 6.22. The Bertz CT molecular complexity index is 482. The van der Waals surface area contributed by atoms with Gasteiger partial charge in [0.2, 0.25) is 0 Å². The Morgan fingerprint density at radius 1 is 1.47 bits per heavy atom. The lowest BCUT2D eigenvalue weighted by Crippen LogP contribution is -2.01. The standard InChI is InChI=1S/C10H12ClNO2S/c1-15(2,14)12-10(13)9-5-3-4-8(6-9)7-11/h3-6H,7H2,1-2H3. The molecule has 0 saturated heterocycles. The van der Waals surface area contributed by atoms with Crippen molar-refractivity contribution in [1.82, 2.24) is 0 Å². The first-order valence-corrected chi connectivity index (χ1v) is 7.15. The van der Waals surface area contributed by atoms with Gasteiger partial charge in [-0.3, -0.25) is 4.79 Å². The van der Waals surface area contributed by atoms with Crippen LogP contribution in [0.1, 0.15) is 15.9 Å². The SMILES string of the molecule is CS(C)(=O)=NC(=O)c1cccc(CCl)c1. The van der Waals surface area contributed by atoms with Crippen LogP contribution in [0.2, 0.25) is 0 Å². The summed E-state index contributed by atoms with van der Waals surface area (Å²) in [5.74, 6) is -0.119. The molecule has 1 aromatic carbocycles. The lowest BCUT2D eigenvalue weighted by atomic mass is 10.1. The van der Waals surface area contributed by atoms with Crippen molar-refractivity contribution < 1.29 is 9.00 Å². The first kappa shape index (κ1) is 12.2. The molecule has 5 heteroatoms. The zero-order valence-corrected chi connectivity index (χ0v) is 10.1. The fourth-order valence-electron chi connectivity index (χ4n) is 1.04. The molecule has 0 aliphatic heterocycles. The van der Waals surface area contributed by atoms with E-state index in [1.54, 1.807) is 18.2 Å². The highest BCUT2D eigenvalue weighted by atomic mass is 35.5. The van der Waals surface area contributed by atoms with Crippen LogP contribution in [0.4, 0.5) is 0 Å². The van der Waals surface area contributed by atoms with Crippen LogP contribution in [-0.2, 0) is 15.6 Å². The van der Waals surface area contributed by atoms with Gasteiger partial charge >= 0.3 is 0 Å². The molecule has 0 aliphatic rings. The molecule has 0 fully saturated rings. The highest BCUT2D eigenvalue weighted by molar-refractivity contribution is 7.92. The maximum Gasteiger partial charge on any atom is 0.285 e. The molecule has 0 atom stereocenters. The molecule has 1 rings (SSSR count). The molecule has 0 bridgehead atoms. The minimum atomic E-state index is -2.40. The molecule has 0 unspecified atom stereocenters. The van der Waals surface area contributed by atoms with Crippen molar-refractivity contribution in [3.63, 3.8) is 0 Å². The van der Waals surface area contributed by atoms with Crippen LogP contribution >= 0.6 is 11.6 Å². The zero-order valence-electron chi connectivity index (χ0n) is 8.57. The van der Waals surface area contributed by atoms with Crippen molar-refractivity contribution in [1.29, 1.82) is 0 Å². The molecule has 0 spiro atoms. The molecule has 3 nitrogen and oxygen atoms in total. The average Bonchev–Trinajstić information content (AvgIpc) is 2.15. The number of carbonyl (C=O) groups excluding carboxylic acids is 1. The van der Waals surface area contributed by atoms with E-state index in [1.165, 1.54) is 12.5 Å². The highest BCUT2D eigenvalue weighted by Crippen LogP contribution is 2.09. The number of hydrogen-bond donors (Lipinski definition) is 0. The summed E-state index contributed by atoms with van der Waals surface area (Å²) in [5, 5.41) is 0. The van der Waals surface area contributed by atoms with Gasteiger partial charge in [-0.1, -0.05) is 12.1 Å². The molecule has 0 radical (unpaired) electrons. The number of nitrogens with zero attached hydrogens (tertiary/aromatic N) is 1. The van der Waals surface area contributed by atoms with Gasteiger partial charge in [-0.25, -0.2) is 4.21 Å². The Balaban J connectivity index is 3.08. The van der Waals surface area contributed by atoms with Crippen LogP contribution < -0.4 is 0 Å². The zero-order chi connectivity index (χ0) is 11.5. The van der Waals surface area contributed by atoms with E-state index < -0.39 is 15.6 Å². The predicted octanol–water partition coefficient (Wildman–Crippen LogP) is 2.29. The summed E-state index contributed by atoms with van der Waals surface area (Å²) >= 11 is 5.64. The number of benzene rings is 1. The normalized spacial score (nSPS) is 11.1. The van der Waals surface area contributed by atoms with E-state index in [2.05, 4.69) is 4.36 Å². The van der Waals surface area contributed by atoms with Crippen LogP contribution in [0.5, 0.6) is 0 Å². The summed E-state index contributed by atoms with van der Waals surface area (Å²) in [5.41, 5.74) is 1.26. The summed E-state index contributed by atoms with van der Waals surface area (Å²) in [7, 11) is -2.40. The van der Waals surface area contributed by atoms with Crippen molar-refractivity contribution in [2.45, 2.75) is 5.88 Å². The molecule has 1 aromatic rings. The highest BCUT2D eigenvalue weighted by Gasteiger charge is 2.06. The molecule has 0 aliphatic carbocycles. The van der Waals surface area contributed by atoms with E-state index in [4.69, 9.17) is 11.6 Å². The largest absolute Gasteiger partial charge is 0.285 e. The monoisotopic (exact) mass is 245 g/mol. The number of amides is 1. The van der Waals surface area contributed by atoms with Crippen molar-refractivity contribution in [3.8, 4) is 0 Å². The molecular formula is C10H12ClNO2S. The maximum absolute atomic E-state index is 11.5. The quantitative estimate of drug-likeness (QED) is 0.751. The van der Waals surface area contributed by atoms with Crippen LogP contribution in [0.3, 0.4) is 0 Å². The van der Waals surface area contributed by atoms with Gasteiger partial charge in [-0.15, -0.1) is 11.6 Å². The van der Waals surface area contributed by atoms with Gasteiger partial charge < -0.3 is 0 Å². The topological polar surface area (TPSA) is 46.5 Å². The smallest absolute Gasteiger partial charge is 0.266 e. The van der Waals surface area contributed by atoms with Gasteiger partial charge in [-0.05, 0) is 17.7 Å². The molecule has 0 saturated carbocycles. The Morgan fingerprint density at radius 3 is 2.67 bits per heavy atom. The number of rotatable bonds is 2. The van der Waals surface area contributed by atoms with E-state index in [-0.39, 0.29) is 0 Å². The molecule has 1 amide bonds. The van der Waals surface area contributed by atoms with Gasteiger partial charge in [-0.2, -0.15) is 4.36 Å². The molecule has 15 heavy (non-hydrogen) atoms. The Kier molecular flexibility index (Phi) is 3.88. The molecule has 82 valence electrons. The van der Waals surface area contributed by atoms with Gasteiger partial charge in [0.1, 0.15) is 0 Å². The number of hydrogen-bond acceptors (Lipinski definition) is 2. The van der Waals surface area contributed by atoms with Crippen LogP contribution in [-0.4, -0.2) is 22.6 Å². The van der Waals surface area contributed by atoms with Crippen molar-refractivity contribution in [3.05, 3.63) is 35.4 Å². The lowest BCUT2D eigenvalue weighted by molar-refractivity contribution is 0.100. The number of alkyl halides is 1. The third-order valence-electron chi connectivity index (χ3n) is 1.63. The van der Waals surface area contributed by atoms with E-state index in [0.29, 0.717) is 11.4 Å². The Hall–Kier alpha value is -0.870. The van der Waals surface area contributed by atoms with Crippen molar-refractivity contribution in [2.24, 2.45) is 4.36 Å². The van der Waals surface area contributed by atoms with E-state index in [1.807, 2.05) is 6.07 Å². The first-order chi connectivity index (χ1) is 6.92. The second-order valence-electron chi connectivity index (χ2n) is 3.41. The summed E-state index contributed by atoms with van der Waals surface area (Å²) < 4.78 is 14.9. The van der Waals surface area contributed by atoms with E-state index in [0.717, 1.165) is 5.56 Å². The van der Waals surface area contributed by atoms with E-state index in [9.17, 15) is 9.00 Å². The Labute approximate surface area is 94.6 Å². The van der Waals surface area contributed by atoms with Gasteiger partial charge in [0, 0.05) is 33.7 Å². The fourth-order valence-corrected chi connectivity index (χ4v) is 1.71. The first-order valence-electron chi connectivity index (χ1n) is 4.29. The molecular weight excluding hydrogens is 234 g/mol. The minimum absolute atomic E-state index is 0.342. The summed E-state index contributed by atoms with van der Waals surface area (Å²) in [6.45, 7) is 0. The van der Waals surface area contributed by atoms with Crippen molar-refractivity contribution >= 4 is 27.2 Å². The molecule has 0 heterocycles. The van der Waals surface area contributed by atoms with Crippen molar-refractivity contribution in [2.75, 3.05) is 12.5 Å². The minimum Gasteiger partial charge on any atom is -0.266 e. The van der Waals surface area contributed by atoms with Crippen LogP contribution in [0.25, 0.3) is 0 Å². The van der Waals surface area contributed by atoms with Crippen LogP contribution in [0.15, 0.2) is 28.6 Å². The lowest BCUT2D eigenvalue weighted by Gasteiger charge is -1.99. The summed E-state index contributed by atoms with van der Waals surface area (Å²) in [4.78, 5) is 11.5. The van der Waals surface area contributed by atoms with Gasteiger partial charge in [0.15, 0.2) is 0 Å². The molecule has 0 N–H and O–H groups in total. The van der Waals surface area contributed by atoms with Gasteiger partial charge in [0.05, 0.1) is 0 Å². The summed E-state index contributed by atoms with van der Waals surface area (Å²) in [6, 6.07) is 6.84.